The second-order valence-corrected chi connectivity index (χ2v) is 6.99. The molecule has 0 radical (unpaired) electrons. The minimum absolute atomic E-state index is 0.371. The minimum atomic E-state index is -0.371. The van der Waals surface area contributed by atoms with Crippen molar-refractivity contribution in [2.45, 2.75) is 65.3 Å². The van der Waals surface area contributed by atoms with Crippen LogP contribution in [0, 0.1) is 5.21 Å². The molecule has 4 nitrogen and oxygen atoms in total. The molecule has 0 unspecified atom stereocenters. The van der Waals surface area contributed by atoms with Crippen LogP contribution in [0.3, 0.4) is 0 Å². The fourth-order valence-corrected chi connectivity index (χ4v) is 2.83. The highest BCUT2D eigenvalue weighted by molar-refractivity contribution is 5.49. The Morgan fingerprint density at radius 1 is 1.00 bits per heavy atom. The summed E-state index contributed by atoms with van der Waals surface area (Å²) in [7, 11) is 4.97. The van der Waals surface area contributed by atoms with Gasteiger partial charge in [-0.15, -0.1) is 0 Å². The number of hydrogen-bond acceptors (Lipinski definition) is 3. The Balaban J connectivity index is 2.75. The van der Waals surface area contributed by atoms with Crippen molar-refractivity contribution in [1.82, 2.24) is 0 Å². The van der Waals surface area contributed by atoms with E-state index in [1.54, 1.807) is 21.2 Å². The van der Waals surface area contributed by atoms with Crippen molar-refractivity contribution < 1.29 is 14.1 Å². The first-order chi connectivity index (χ1) is 11.4. The summed E-state index contributed by atoms with van der Waals surface area (Å²) in [6.07, 6.45) is 8.29. The molecule has 0 saturated heterocycles. The maximum Gasteiger partial charge on any atom is 0.169 e. The van der Waals surface area contributed by atoms with E-state index in [1.807, 2.05) is 6.07 Å². The van der Waals surface area contributed by atoms with Gasteiger partial charge in [-0.05, 0) is 30.5 Å². The van der Waals surface area contributed by atoms with Crippen LogP contribution in [-0.2, 0) is 13.0 Å². The number of ether oxygens (including phenoxy) is 2. The lowest BCUT2D eigenvalue weighted by molar-refractivity contribution is -0.853. The van der Waals surface area contributed by atoms with Crippen molar-refractivity contribution in [3.8, 4) is 11.5 Å². The van der Waals surface area contributed by atoms with Gasteiger partial charge >= 0.3 is 0 Å². The second-order valence-electron chi connectivity index (χ2n) is 6.99. The summed E-state index contributed by atoms with van der Waals surface area (Å²) >= 11 is 0. The monoisotopic (exact) mass is 337 g/mol. The van der Waals surface area contributed by atoms with Crippen LogP contribution in [0.1, 0.15) is 63.5 Å². The van der Waals surface area contributed by atoms with Gasteiger partial charge in [-0.1, -0.05) is 46.0 Å². The van der Waals surface area contributed by atoms with Gasteiger partial charge in [-0.2, -0.15) is 0 Å². The number of methoxy groups -OCH3 is 1. The lowest BCUT2D eigenvalue weighted by Gasteiger charge is -2.34. The Labute approximate surface area is 147 Å². The molecule has 0 aliphatic rings. The van der Waals surface area contributed by atoms with Crippen LogP contribution >= 0.6 is 0 Å². The summed E-state index contributed by atoms with van der Waals surface area (Å²) in [5.41, 5.74) is 2.11. The summed E-state index contributed by atoms with van der Waals surface area (Å²) in [5.74, 6) is 1.48. The van der Waals surface area contributed by atoms with E-state index in [4.69, 9.17) is 9.47 Å². The molecule has 0 aliphatic heterocycles. The van der Waals surface area contributed by atoms with Gasteiger partial charge in [0, 0.05) is 0 Å². The van der Waals surface area contributed by atoms with E-state index in [2.05, 4.69) is 19.9 Å². The van der Waals surface area contributed by atoms with E-state index in [0.29, 0.717) is 13.2 Å². The maximum absolute atomic E-state index is 12.1. The van der Waals surface area contributed by atoms with E-state index < -0.39 is 0 Å². The van der Waals surface area contributed by atoms with Crippen molar-refractivity contribution in [3.63, 3.8) is 0 Å². The molecule has 0 saturated carbocycles. The summed E-state index contributed by atoms with van der Waals surface area (Å²) in [5, 5.41) is 12.1. The molecule has 0 aliphatic carbocycles. The maximum atomic E-state index is 12.1. The summed E-state index contributed by atoms with van der Waals surface area (Å²) in [6.45, 7) is 5.39. The van der Waals surface area contributed by atoms with Gasteiger partial charge in [0.2, 0.25) is 0 Å². The number of hydroxylamine groups is 3. The average molecular weight is 338 g/mol. The smallest absolute Gasteiger partial charge is 0.169 e. The number of unbranched alkanes of at least 4 members (excludes halogenated alkanes) is 5. The first-order valence-corrected chi connectivity index (χ1v) is 9.27. The molecule has 0 heterocycles. The molecule has 0 fully saturated rings. The zero-order chi connectivity index (χ0) is 18.0. The second kappa shape index (κ2) is 10.6. The third-order valence-corrected chi connectivity index (χ3v) is 4.12. The largest absolute Gasteiger partial charge is 0.633 e. The van der Waals surface area contributed by atoms with Crippen molar-refractivity contribution >= 4 is 0 Å². The minimum Gasteiger partial charge on any atom is -0.633 e. The average Bonchev–Trinajstić information content (AvgIpc) is 2.53. The van der Waals surface area contributed by atoms with Crippen LogP contribution in [-0.4, -0.2) is 32.5 Å². The molecular formula is C20H35NO3. The molecule has 0 atom stereocenters. The van der Waals surface area contributed by atoms with E-state index in [0.717, 1.165) is 29.9 Å². The Kier molecular flexibility index (Phi) is 9.16. The quantitative estimate of drug-likeness (QED) is 0.304. The van der Waals surface area contributed by atoms with Gasteiger partial charge in [0.1, 0.15) is 6.54 Å². The highest BCUT2D eigenvalue weighted by Crippen LogP contribution is 2.34. The lowest BCUT2D eigenvalue weighted by atomic mass is 10.1. The fourth-order valence-electron chi connectivity index (χ4n) is 2.83. The zero-order valence-electron chi connectivity index (χ0n) is 16.2. The van der Waals surface area contributed by atoms with Crippen molar-refractivity contribution in [1.29, 1.82) is 0 Å². The van der Waals surface area contributed by atoms with Crippen molar-refractivity contribution in [3.05, 3.63) is 28.5 Å². The third-order valence-electron chi connectivity index (χ3n) is 4.12. The molecule has 0 bridgehead atoms. The van der Waals surface area contributed by atoms with Gasteiger partial charge < -0.3 is 19.3 Å². The van der Waals surface area contributed by atoms with Crippen LogP contribution in [0.25, 0.3) is 0 Å². The molecule has 24 heavy (non-hydrogen) atoms. The molecular weight excluding hydrogens is 302 g/mol. The van der Waals surface area contributed by atoms with Gasteiger partial charge in [-0.25, -0.2) is 0 Å². The number of hydrogen-bond donors (Lipinski definition) is 0. The van der Waals surface area contributed by atoms with Crippen LogP contribution in [0.15, 0.2) is 12.1 Å². The van der Waals surface area contributed by atoms with Gasteiger partial charge in [0.25, 0.3) is 0 Å². The molecule has 4 heteroatoms. The molecule has 1 rings (SSSR count). The number of quaternary nitrogens is 1. The Hall–Kier alpha value is -1.26. The third kappa shape index (κ3) is 7.54. The number of nitrogens with zero attached hydrogens (tertiary/aromatic N) is 1. The Morgan fingerprint density at radius 3 is 2.25 bits per heavy atom. The summed E-state index contributed by atoms with van der Waals surface area (Å²) < 4.78 is 11.2. The Morgan fingerprint density at radius 2 is 1.67 bits per heavy atom. The number of benzene rings is 1. The predicted molar refractivity (Wildman–Crippen MR) is 100 cm³/mol. The van der Waals surface area contributed by atoms with E-state index in [-0.39, 0.29) is 4.65 Å². The van der Waals surface area contributed by atoms with Crippen LogP contribution < -0.4 is 9.47 Å². The molecule has 1 aromatic carbocycles. The van der Waals surface area contributed by atoms with Crippen molar-refractivity contribution in [2.75, 3.05) is 27.8 Å². The van der Waals surface area contributed by atoms with E-state index in [9.17, 15) is 5.21 Å². The number of rotatable bonds is 12. The fraction of sp³-hybridized carbons (Fsp3) is 0.700. The SMILES string of the molecule is CCCCCCCCOc1c(C[N+](C)(C)[O-])cc(CC)cc1OC. The molecule has 0 aromatic heterocycles. The van der Waals surface area contributed by atoms with Crippen LogP contribution in [0.2, 0.25) is 0 Å². The Bertz CT molecular complexity index is 481. The van der Waals surface area contributed by atoms with Gasteiger partial charge in [0.05, 0.1) is 33.4 Å². The van der Waals surface area contributed by atoms with Crippen LogP contribution in [0.5, 0.6) is 11.5 Å². The summed E-state index contributed by atoms with van der Waals surface area (Å²) in [4.78, 5) is 0. The standard InChI is InChI=1S/C20H35NO3/c1-6-8-9-10-11-12-13-24-20-18(16-21(3,4)22)14-17(7-2)15-19(20)23-5/h14-15H,6-13,16H2,1-5H3. The molecule has 0 amide bonds. The van der Waals surface area contributed by atoms with Crippen LogP contribution in [0.4, 0.5) is 0 Å². The van der Waals surface area contributed by atoms with E-state index in [1.165, 1.54) is 37.7 Å². The lowest BCUT2D eigenvalue weighted by Crippen LogP contribution is -2.31. The first-order valence-electron chi connectivity index (χ1n) is 9.27. The topological polar surface area (TPSA) is 41.5 Å². The molecule has 0 N–H and O–H groups in total. The summed E-state index contributed by atoms with van der Waals surface area (Å²) in [6, 6.07) is 4.10. The molecule has 0 spiro atoms. The van der Waals surface area contributed by atoms with E-state index >= 15 is 0 Å². The molecule has 138 valence electrons. The normalized spacial score (nSPS) is 11.6. The predicted octanol–water partition coefficient (Wildman–Crippen LogP) is 5.07. The number of aryl methyl sites for hydroxylation is 1. The highest BCUT2D eigenvalue weighted by Gasteiger charge is 2.17. The van der Waals surface area contributed by atoms with Gasteiger partial charge in [-0.3, -0.25) is 0 Å². The van der Waals surface area contributed by atoms with Gasteiger partial charge in [0.15, 0.2) is 11.5 Å². The highest BCUT2D eigenvalue weighted by atomic mass is 16.5. The first kappa shape index (κ1) is 20.8. The van der Waals surface area contributed by atoms with Crippen molar-refractivity contribution in [2.24, 2.45) is 0 Å². The zero-order valence-corrected chi connectivity index (χ0v) is 16.2. The molecule has 1 aromatic rings.